The molecule has 0 saturated carbocycles. The van der Waals surface area contributed by atoms with E-state index in [-0.39, 0.29) is 29.6 Å². The number of fused-ring (bicyclic) bond motifs is 1. The second-order valence-corrected chi connectivity index (χ2v) is 12.5. The van der Waals surface area contributed by atoms with E-state index in [2.05, 4.69) is 10.6 Å². The Morgan fingerprint density at radius 1 is 1.03 bits per heavy atom. The lowest BCUT2D eigenvalue weighted by Crippen LogP contribution is -2.51. The van der Waals surface area contributed by atoms with Gasteiger partial charge in [0.2, 0.25) is 17.7 Å². The van der Waals surface area contributed by atoms with Crippen LogP contribution in [0.2, 0.25) is 5.02 Å². The Balaban J connectivity index is 1.37. The van der Waals surface area contributed by atoms with E-state index >= 15 is 0 Å². The van der Waals surface area contributed by atoms with Gasteiger partial charge < -0.3 is 20.6 Å². The van der Waals surface area contributed by atoms with Gasteiger partial charge in [0.25, 0.3) is 0 Å². The summed E-state index contributed by atoms with van der Waals surface area (Å²) in [5, 5.41) is 15.8. The third-order valence-corrected chi connectivity index (χ3v) is 10.3. The van der Waals surface area contributed by atoms with Crippen LogP contribution < -0.4 is 10.6 Å². The van der Waals surface area contributed by atoms with Crippen LogP contribution in [0.4, 0.5) is 5.69 Å². The van der Waals surface area contributed by atoms with Crippen molar-refractivity contribution in [2.45, 2.75) is 61.1 Å². The lowest BCUT2D eigenvalue weighted by Gasteiger charge is -2.34. The molecule has 2 unspecified atom stereocenters. The van der Waals surface area contributed by atoms with Crippen LogP contribution in [0, 0.1) is 11.8 Å². The first-order valence-corrected chi connectivity index (χ1v) is 14.7. The summed E-state index contributed by atoms with van der Waals surface area (Å²) in [5.41, 5.74) is 1.64. The van der Waals surface area contributed by atoms with E-state index in [1.807, 2.05) is 30.3 Å². The molecular weight excluding hydrogens is 522 g/mol. The molecule has 3 saturated heterocycles. The molecule has 7 nitrogen and oxygen atoms in total. The number of aliphatic hydroxyl groups excluding tert-OH is 1. The van der Waals surface area contributed by atoms with Crippen LogP contribution in [-0.4, -0.2) is 56.9 Å². The van der Waals surface area contributed by atoms with E-state index in [0.717, 1.165) is 44.1 Å². The summed E-state index contributed by atoms with van der Waals surface area (Å²) in [5.74, 6) is -1.36. The summed E-state index contributed by atoms with van der Waals surface area (Å²) in [6.07, 6.45) is 4.76. The molecule has 3 N–H and O–H groups in total. The van der Waals surface area contributed by atoms with Gasteiger partial charge in [-0.2, -0.15) is 0 Å². The van der Waals surface area contributed by atoms with Gasteiger partial charge in [-0.3, -0.25) is 14.4 Å². The lowest BCUT2D eigenvalue weighted by molar-refractivity contribution is -0.139. The van der Waals surface area contributed by atoms with Crippen LogP contribution in [0.3, 0.4) is 0 Å². The smallest absolute Gasteiger partial charge is 0.248 e. The maximum absolute atomic E-state index is 14.0. The Kier molecular flexibility index (Phi) is 8.31. The first-order valence-electron chi connectivity index (χ1n) is 13.4. The number of carbonyl (C=O) groups is 3. The molecule has 5 atom stereocenters. The van der Waals surface area contributed by atoms with Crippen molar-refractivity contribution in [3.63, 3.8) is 0 Å². The minimum absolute atomic E-state index is 0.0252. The molecule has 9 heteroatoms. The molecule has 3 aliphatic heterocycles. The summed E-state index contributed by atoms with van der Waals surface area (Å²) >= 11 is 7.70. The number of aliphatic hydroxyl groups is 1. The Morgan fingerprint density at radius 3 is 2.50 bits per heavy atom. The molecule has 0 aromatic heterocycles. The van der Waals surface area contributed by atoms with Crippen molar-refractivity contribution in [1.29, 1.82) is 0 Å². The highest BCUT2D eigenvalue weighted by Crippen LogP contribution is 2.66. The minimum Gasteiger partial charge on any atom is -0.396 e. The number of unbranched alkanes of at least 4 members (excludes halogenated alkanes) is 3. The molecule has 1 spiro atoms. The fourth-order valence-electron chi connectivity index (χ4n) is 6.39. The minimum atomic E-state index is -0.643. The molecule has 3 aliphatic rings. The number of thioether (sulfide) groups is 1. The average Bonchev–Trinajstić information content (AvgIpc) is 3.56. The third-order valence-electron chi connectivity index (χ3n) is 8.08. The molecule has 3 heterocycles. The second-order valence-electron chi connectivity index (χ2n) is 10.4. The second kappa shape index (κ2) is 11.7. The highest BCUT2D eigenvalue weighted by atomic mass is 35.5. The summed E-state index contributed by atoms with van der Waals surface area (Å²) in [7, 11) is 0. The normalized spacial score (nSPS) is 27.4. The molecular formula is C29H34ClN3O4S. The molecule has 38 heavy (non-hydrogen) atoms. The number of halogens is 1. The molecule has 0 radical (unpaired) electrons. The highest BCUT2D eigenvalue weighted by Gasteiger charge is 2.73. The summed E-state index contributed by atoms with van der Waals surface area (Å²) in [6.45, 7) is 1.03. The Labute approximate surface area is 232 Å². The van der Waals surface area contributed by atoms with Crippen LogP contribution in [0.1, 0.15) is 44.1 Å². The van der Waals surface area contributed by atoms with E-state index in [9.17, 15) is 14.4 Å². The van der Waals surface area contributed by atoms with Gasteiger partial charge in [-0.15, -0.1) is 11.8 Å². The van der Waals surface area contributed by atoms with Gasteiger partial charge in [0.15, 0.2) is 0 Å². The van der Waals surface area contributed by atoms with Gasteiger partial charge in [0, 0.05) is 35.7 Å². The van der Waals surface area contributed by atoms with Crippen LogP contribution in [-0.2, 0) is 20.9 Å². The first kappa shape index (κ1) is 27.0. The standard InChI is InChI=1S/C29H34ClN3O4S/c30-20-10-12-21(13-11-20)32-27(36)25-29-15-14-22(38-29)23(26(35)31-18-19-8-4-3-5-9-19)24(29)28(37)33(25)16-6-1-2-7-17-34/h3-5,8-13,22-25,34H,1-2,6-7,14-18H2,(H,31,35)(H,32,36)/t22-,23+,24-,25?,29?/m0/s1. The summed E-state index contributed by atoms with van der Waals surface area (Å²) in [4.78, 5) is 43.0. The zero-order valence-corrected chi connectivity index (χ0v) is 22.8. The van der Waals surface area contributed by atoms with Crippen LogP contribution in [0.15, 0.2) is 54.6 Å². The quantitative estimate of drug-likeness (QED) is 0.360. The van der Waals surface area contributed by atoms with Gasteiger partial charge in [-0.05, 0) is 55.5 Å². The van der Waals surface area contributed by atoms with Crippen molar-refractivity contribution in [1.82, 2.24) is 10.2 Å². The van der Waals surface area contributed by atoms with E-state index < -0.39 is 22.6 Å². The fourth-order valence-corrected chi connectivity index (χ4v) is 8.73. The topological polar surface area (TPSA) is 98.7 Å². The lowest BCUT2D eigenvalue weighted by atomic mass is 9.70. The number of rotatable bonds is 11. The van der Waals surface area contributed by atoms with Crippen LogP contribution in [0.25, 0.3) is 0 Å². The molecule has 0 aliphatic carbocycles. The predicted molar refractivity (Wildman–Crippen MR) is 150 cm³/mol. The van der Waals surface area contributed by atoms with Crippen molar-refractivity contribution >= 4 is 46.8 Å². The number of amides is 3. The van der Waals surface area contributed by atoms with Gasteiger partial charge >= 0.3 is 0 Å². The summed E-state index contributed by atoms with van der Waals surface area (Å²) < 4.78 is -0.613. The molecule has 202 valence electrons. The van der Waals surface area contributed by atoms with Crippen LogP contribution >= 0.6 is 23.4 Å². The Hall–Kier alpha value is -2.55. The molecule has 3 fully saturated rings. The molecule has 3 amide bonds. The number of hydrogen-bond acceptors (Lipinski definition) is 5. The Morgan fingerprint density at radius 2 is 1.76 bits per heavy atom. The van der Waals surface area contributed by atoms with E-state index in [0.29, 0.717) is 23.8 Å². The molecule has 2 aromatic carbocycles. The number of nitrogens with one attached hydrogen (secondary N) is 2. The zero-order valence-electron chi connectivity index (χ0n) is 21.3. The fraction of sp³-hybridized carbons (Fsp3) is 0.483. The number of anilines is 1. The van der Waals surface area contributed by atoms with E-state index in [1.165, 1.54) is 0 Å². The van der Waals surface area contributed by atoms with Crippen molar-refractivity contribution < 1.29 is 19.5 Å². The Bertz CT molecular complexity index is 1160. The van der Waals surface area contributed by atoms with Crippen molar-refractivity contribution in [2.24, 2.45) is 11.8 Å². The van der Waals surface area contributed by atoms with E-state index in [1.54, 1.807) is 40.9 Å². The summed E-state index contributed by atoms with van der Waals surface area (Å²) in [6, 6.07) is 16.1. The zero-order chi connectivity index (χ0) is 26.7. The average molecular weight is 556 g/mol. The maximum Gasteiger partial charge on any atom is 0.248 e. The van der Waals surface area contributed by atoms with Crippen molar-refractivity contribution in [2.75, 3.05) is 18.5 Å². The van der Waals surface area contributed by atoms with E-state index in [4.69, 9.17) is 16.7 Å². The number of nitrogens with zero attached hydrogens (tertiary/aromatic N) is 1. The van der Waals surface area contributed by atoms with Gasteiger partial charge in [0.05, 0.1) is 16.6 Å². The molecule has 5 rings (SSSR count). The number of hydrogen-bond donors (Lipinski definition) is 3. The van der Waals surface area contributed by atoms with Gasteiger partial charge in [-0.1, -0.05) is 54.8 Å². The van der Waals surface area contributed by atoms with Gasteiger partial charge in [0.1, 0.15) is 6.04 Å². The largest absolute Gasteiger partial charge is 0.396 e. The first-order chi connectivity index (χ1) is 18.4. The SMILES string of the molecule is O=C(Nc1ccc(Cl)cc1)C1N(CCCCCCO)C(=O)[C@@H]2[C@H](C(=O)NCc3ccccc3)[C@@H]3CCC12S3. The third kappa shape index (κ3) is 5.18. The number of benzene rings is 2. The van der Waals surface area contributed by atoms with Crippen molar-refractivity contribution in [3.8, 4) is 0 Å². The highest BCUT2D eigenvalue weighted by molar-refractivity contribution is 8.02. The molecule has 2 bridgehead atoms. The maximum atomic E-state index is 14.0. The predicted octanol–water partition coefficient (Wildman–Crippen LogP) is 4.24. The van der Waals surface area contributed by atoms with Crippen LogP contribution in [0.5, 0.6) is 0 Å². The van der Waals surface area contributed by atoms with Crippen molar-refractivity contribution in [3.05, 3.63) is 65.2 Å². The monoisotopic (exact) mass is 555 g/mol. The molecule has 2 aromatic rings. The van der Waals surface area contributed by atoms with Gasteiger partial charge in [-0.25, -0.2) is 0 Å². The number of likely N-dealkylation sites (tertiary alicyclic amines) is 1. The number of carbonyl (C=O) groups excluding carboxylic acids is 3.